The van der Waals surface area contributed by atoms with E-state index in [1.54, 1.807) is 36.1 Å². The predicted octanol–water partition coefficient (Wildman–Crippen LogP) is 1.88. The minimum absolute atomic E-state index is 0.0410. The summed E-state index contributed by atoms with van der Waals surface area (Å²) in [5, 5.41) is 12.0. The van der Waals surface area contributed by atoms with Crippen molar-refractivity contribution in [3.63, 3.8) is 0 Å². The molecule has 5 nitrogen and oxygen atoms in total. The predicted molar refractivity (Wildman–Crippen MR) is 81.1 cm³/mol. The summed E-state index contributed by atoms with van der Waals surface area (Å²) in [5.41, 5.74) is 1.21. The van der Waals surface area contributed by atoms with Gasteiger partial charge in [0.15, 0.2) is 0 Å². The summed E-state index contributed by atoms with van der Waals surface area (Å²) >= 11 is 0. The van der Waals surface area contributed by atoms with Crippen molar-refractivity contribution in [2.75, 3.05) is 25.0 Å². The van der Waals surface area contributed by atoms with Gasteiger partial charge in [-0.15, -0.1) is 0 Å². The van der Waals surface area contributed by atoms with E-state index >= 15 is 0 Å². The molecule has 1 unspecified atom stereocenters. The number of carbonyl (C=O) groups is 2. The third kappa shape index (κ3) is 4.04. The Morgan fingerprint density at radius 3 is 2.95 bits per heavy atom. The van der Waals surface area contributed by atoms with Gasteiger partial charge in [-0.3, -0.25) is 9.59 Å². The quantitative estimate of drug-likeness (QED) is 0.889. The summed E-state index contributed by atoms with van der Waals surface area (Å²) in [6.07, 6.45) is 2.29. The van der Waals surface area contributed by atoms with E-state index in [4.69, 9.17) is 0 Å². The Labute approximate surface area is 125 Å². The van der Waals surface area contributed by atoms with Gasteiger partial charge in [0.25, 0.3) is 5.91 Å². The average molecular weight is 290 g/mol. The van der Waals surface area contributed by atoms with Crippen LogP contribution in [0.1, 0.15) is 36.5 Å². The zero-order chi connectivity index (χ0) is 15.2. The van der Waals surface area contributed by atoms with Crippen molar-refractivity contribution in [3.05, 3.63) is 29.8 Å². The maximum absolute atomic E-state index is 12.5. The van der Waals surface area contributed by atoms with Gasteiger partial charge in [-0.05, 0) is 37.0 Å². The number of carbonyl (C=O) groups excluding carboxylic acids is 2. The van der Waals surface area contributed by atoms with Crippen molar-refractivity contribution in [2.24, 2.45) is 5.92 Å². The number of anilines is 1. The van der Waals surface area contributed by atoms with Crippen molar-refractivity contribution >= 4 is 17.5 Å². The molecule has 1 aromatic carbocycles. The van der Waals surface area contributed by atoms with Crippen LogP contribution in [0.15, 0.2) is 24.3 Å². The topological polar surface area (TPSA) is 69.6 Å². The Hall–Kier alpha value is -1.88. The molecular formula is C16H22N2O3. The number of nitrogens with zero attached hydrogens (tertiary/aromatic N) is 1. The largest absolute Gasteiger partial charge is 0.396 e. The van der Waals surface area contributed by atoms with Crippen LogP contribution in [0, 0.1) is 5.92 Å². The molecule has 2 N–H and O–H groups in total. The van der Waals surface area contributed by atoms with Gasteiger partial charge in [-0.25, -0.2) is 0 Å². The van der Waals surface area contributed by atoms with Gasteiger partial charge >= 0.3 is 0 Å². The first kappa shape index (κ1) is 15.5. The Bertz CT molecular complexity index is 516. The summed E-state index contributed by atoms with van der Waals surface area (Å²) in [5.74, 6) is 0.0596. The number of hydrogen-bond acceptors (Lipinski definition) is 3. The fraction of sp³-hybridized carbons (Fsp3) is 0.500. The van der Waals surface area contributed by atoms with E-state index in [0.717, 1.165) is 19.4 Å². The van der Waals surface area contributed by atoms with Crippen LogP contribution in [0.3, 0.4) is 0 Å². The van der Waals surface area contributed by atoms with Crippen molar-refractivity contribution in [1.82, 2.24) is 4.90 Å². The summed E-state index contributed by atoms with van der Waals surface area (Å²) in [4.78, 5) is 25.7. The van der Waals surface area contributed by atoms with E-state index in [1.165, 1.54) is 0 Å². The van der Waals surface area contributed by atoms with Gasteiger partial charge in [0.1, 0.15) is 0 Å². The molecule has 2 amide bonds. The minimum Gasteiger partial charge on any atom is -0.396 e. The second-order valence-corrected chi connectivity index (χ2v) is 5.42. The molecule has 5 heteroatoms. The summed E-state index contributed by atoms with van der Waals surface area (Å²) in [6.45, 7) is 3.23. The maximum atomic E-state index is 12.5. The highest BCUT2D eigenvalue weighted by Gasteiger charge is 2.24. The molecule has 0 saturated carbocycles. The SMILES string of the molecule is CCC(=O)Nc1cccc(C(=O)N2CCCC(CO)C2)c1. The van der Waals surface area contributed by atoms with Crippen LogP contribution in [-0.2, 0) is 4.79 Å². The fourth-order valence-electron chi connectivity index (χ4n) is 2.56. The Morgan fingerprint density at radius 2 is 2.24 bits per heavy atom. The first-order valence-corrected chi connectivity index (χ1v) is 7.44. The van der Waals surface area contributed by atoms with Gasteiger partial charge in [0, 0.05) is 37.4 Å². The lowest BCUT2D eigenvalue weighted by Gasteiger charge is -2.32. The molecule has 1 saturated heterocycles. The Morgan fingerprint density at radius 1 is 1.43 bits per heavy atom. The molecule has 1 fully saturated rings. The van der Waals surface area contributed by atoms with Gasteiger partial charge in [0.2, 0.25) is 5.91 Å². The second-order valence-electron chi connectivity index (χ2n) is 5.42. The van der Waals surface area contributed by atoms with Crippen LogP contribution in [0.25, 0.3) is 0 Å². The molecule has 1 aliphatic rings. The molecule has 0 spiro atoms. The second kappa shape index (κ2) is 7.22. The molecule has 1 atom stereocenters. The number of rotatable bonds is 4. The summed E-state index contributed by atoms with van der Waals surface area (Å²) in [6, 6.07) is 7.01. The standard InChI is InChI=1S/C16H22N2O3/c1-2-15(20)17-14-7-3-6-13(9-14)16(21)18-8-4-5-12(10-18)11-19/h3,6-7,9,12,19H,2,4-5,8,10-11H2,1H3,(H,17,20). The zero-order valence-corrected chi connectivity index (χ0v) is 12.3. The monoisotopic (exact) mass is 290 g/mol. The lowest BCUT2D eigenvalue weighted by Crippen LogP contribution is -2.40. The van der Waals surface area contributed by atoms with Crippen molar-refractivity contribution in [3.8, 4) is 0 Å². The van der Waals surface area contributed by atoms with Crippen LogP contribution >= 0.6 is 0 Å². The fourth-order valence-corrected chi connectivity index (χ4v) is 2.56. The van der Waals surface area contributed by atoms with Gasteiger partial charge < -0.3 is 15.3 Å². The highest BCUT2D eigenvalue weighted by molar-refractivity contribution is 5.97. The molecular weight excluding hydrogens is 268 g/mol. The smallest absolute Gasteiger partial charge is 0.253 e. The number of piperidine rings is 1. The number of nitrogens with one attached hydrogen (secondary N) is 1. The van der Waals surface area contributed by atoms with E-state index in [1.807, 2.05) is 0 Å². The average Bonchev–Trinajstić information content (AvgIpc) is 2.54. The van der Waals surface area contributed by atoms with Crippen molar-refractivity contribution in [1.29, 1.82) is 0 Å². The summed E-state index contributed by atoms with van der Waals surface area (Å²) in [7, 11) is 0. The van der Waals surface area contributed by atoms with Crippen LogP contribution < -0.4 is 5.32 Å². The van der Waals surface area contributed by atoms with E-state index in [0.29, 0.717) is 24.2 Å². The molecule has 1 heterocycles. The molecule has 2 rings (SSSR count). The van der Waals surface area contributed by atoms with Gasteiger partial charge in [0.05, 0.1) is 0 Å². The minimum atomic E-state index is -0.0714. The molecule has 0 aromatic heterocycles. The Kier molecular flexibility index (Phi) is 5.33. The third-order valence-corrected chi connectivity index (χ3v) is 3.78. The van der Waals surface area contributed by atoms with Crippen LogP contribution in [0.2, 0.25) is 0 Å². The molecule has 0 bridgehead atoms. The van der Waals surface area contributed by atoms with E-state index in [2.05, 4.69) is 5.32 Å². The maximum Gasteiger partial charge on any atom is 0.253 e. The lowest BCUT2D eigenvalue weighted by molar-refractivity contribution is -0.115. The normalized spacial score (nSPS) is 18.4. The number of aliphatic hydroxyl groups is 1. The number of aliphatic hydroxyl groups excluding tert-OH is 1. The van der Waals surface area contributed by atoms with Gasteiger partial charge in [-0.1, -0.05) is 13.0 Å². The molecule has 114 valence electrons. The lowest BCUT2D eigenvalue weighted by atomic mass is 9.98. The van der Waals surface area contributed by atoms with Crippen LogP contribution in [-0.4, -0.2) is 41.5 Å². The number of amides is 2. The molecule has 0 aliphatic carbocycles. The molecule has 1 aromatic rings. The molecule has 21 heavy (non-hydrogen) atoms. The van der Waals surface area contributed by atoms with Crippen molar-refractivity contribution in [2.45, 2.75) is 26.2 Å². The zero-order valence-electron chi connectivity index (χ0n) is 12.3. The third-order valence-electron chi connectivity index (χ3n) is 3.78. The first-order valence-electron chi connectivity index (χ1n) is 7.44. The number of likely N-dealkylation sites (tertiary alicyclic amines) is 1. The Balaban J connectivity index is 2.08. The van der Waals surface area contributed by atoms with E-state index in [-0.39, 0.29) is 24.3 Å². The van der Waals surface area contributed by atoms with E-state index < -0.39 is 0 Å². The first-order chi connectivity index (χ1) is 10.1. The van der Waals surface area contributed by atoms with E-state index in [9.17, 15) is 14.7 Å². The number of hydrogen-bond donors (Lipinski definition) is 2. The van der Waals surface area contributed by atoms with Crippen LogP contribution in [0.5, 0.6) is 0 Å². The highest BCUT2D eigenvalue weighted by atomic mass is 16.3. The molecule has 0 radical (unpaired) electrons. The highest BCUT2D eigenvalue weighted by Crippen LogP contribution is 2.19. The summed E-state index contributed by atoms with van der Waals surface area (Å²) < 4.78 is 0. The molecule has 1 aliphatic heterocycles. The van der Waals surface area contributed by atoms with Crippen molar-refractivity contribution < 1.29 is 14.7 Å². The number of benzene rings is 1. The van der Waals surface area contributed by atoms with Gasteiger partial charge in [-0.2, -0.15) is 0 Å². The van der Waals surface area contributed by atoms with Crippen LogP contribution in [0.4, 0.5) is 5.69 Å².